The zero-order chi connectivity index (χ0) is 14.8. The molecule has 2 heterocycles. The lowest BCUT2D eigenvalue weighted by molar-refractivity contribution is -0.146. The van der Waals surface area contributed by atoms with Gasteiger partial charge in [0.15, 0.2) is 5.03 Å². The highest BCUT2D eigenvalue weighted by molar-refractivity contribution is 7.89. The third kappa shape index (κ3) is 2.71. The van der Waals surface area contributed by atoms with Crippen LogP contribution in [0.25, 0.3) is 0 Å². The summed E-state index contributed by atoms with van der Waals surface area (Å²) in [6.07, 6.45) is 3.07. The average molecular weight is 301 g/mol. The predicted octanol–water partition coefficient (Wildman–Crippen LogP) is 0.688. The van der Waals surface area contributed by atoms with Crippen molar-refractivity contribution in [3.63, 3.8) is 0 Å². The monoisotopic (exact) mass is 301 g/mol. The highest BCUT2D eigenvalue weighted by Crippen LogP contribution is 2.26. The number of ether oxygens (including phenoxy) is 1. The van der Waals surface area contributed by atoms with Gasteiger partial charge in [0.2, 0.25) is 0 Å². The lowest BCUT2D eigenvalue weighted by Crippen LogP contribution is -2.41. The Bertz CT molecular complexity index is 581. The van der Waals surface area contributed by atoms with E-state index in [0.717, 1.165) is 0 Å². The number of H-pyrrole nitrogens is 1. The first-order chi connectivity index (χ1) is 9.50. The molecule has 0 spiro atoms. The van der Waals surface area contributed by atoms with Gasteiger partial charge in [-0.2, -0.15) is 4.31 Å². The van der Waals surface area contributed by atoms with Crippen molar-refractivity contribution in [1.82, 2.24) is 14.3 Å². The standard InChI is InChI=1S/C12H19N3O4S/c1-3-10-13-8-11(14-10)20(17,18)15-7-5-6-9(15)12(16)19-4-2/h8-9H,3-7H2,1-2H3,(H,13,14). The molecule has 0 saturated carbocycles. The summed E-state index contributed by atoms with van der Waals surface area (Å²) in [5.74, 6) is 0.124. The van der Waals surface area contributed by atoms with Gasteiger partial charge < -0.3 is 9.72 Å². The fraction of sp³-hybridized carbons (Fsp3) is 0.667. The molecular formula is C12H19N3O4S. The number of imidazole rings is 1. The number of nitrogens with one attached hydrogen (secondary N) is 1. The molecule has 20 heavy (non-hydrogen) atoms. The van der Waals surface area contributed by atoms with E-state index in [1.165, 1.54) is 10.5 Å². The van der Waals surface area contributed by atoms with Gasteiger partial charge in [-0.1, -0.05) is 6.92 Å². The van der Waals surface area contributed by atoms with Crippen LogP contribution in [0.4, 0.5) is 0 Å². The van der Waals surface area contributed by atoms with Gasteiger partial charge in [0.05, 0.1) is 12.8 Å². The maximum Gasteiger partial charge on any atom is 0.324 e. The van der Waals surface area contributed by atoms with E-state index in [9.17, 15) is 13.2 Å². The van der Waals surface area contributed by atoms with Crippen LogP contribution >= 0.6 is 0 Å². The SMILES string of the molecule is CCOC(=O)C1CCCN1S(=O)(=O)c1cnc(CC)[nH]1. The molecule has 1 aliphatic heterocycles. The largest absolute Gasteiger partial charge is 0.465 e. The second kappa shape index (κ2) is 5.92. The summed E-state index contributed by atoms with van der Waals surface area (Å²) in [6, 6.07) is -0.728. The third-order valence-corrected chi connectivity index (χ3v) is 5.11. The minimum Gasteiger partial charge on any atom is -0.465 e. The molecule has 0 bridgehead atoms. The van der Waals surface area contributed by atoms with Crippen molar-refractivity contribution in [2.45, 2.75) is 44.2 Å². The molecule has 1 atom stereocenters. The highest BCUT2D eigenvalue weighted by Gasteiger charge is 2.41. The van der Waals surface area contributed by atoms with Crippen molar-refractivity contribution in [3.05, 3.63) is 12.0 Å². The molecular weight excluding hydrogens is 282 g/mol. The summed E-state index contributed by atoms with van der Waals surface area (Å²) < 4.78 is 31.2. The van der Waals surface area contributed by atoms with Crippen molar-refractivity contribution in [2.75, 3.05) is 13.2 Å². The third-order valence-electron chi connectivity index (χ3n) is 3.29. The molecule has 1 N–H and O–H groups in total. The van der Waals surface area contributed by atoms with Gasteiger partial charge in [0.25, 0.3) is 10.0 Å². The Morgan fingerprint density at radius 2 is 2.30 bits per heavy atom. The van der Waals surface area contributed by atoms with Crippen LogP contribution in [0.2, 0.25) is 0 Å². The summed E-state index contributed by atoms with van der Waals surface area (Å²) in [5, 5.41) is 0.0329. The van der Waals surface area contributed by atoms with Crippen molar-refractivity contribution < 1.29 is 17.9 Å². The van der Waals surface area contributed by atoms with Gasteiger partial charge in [0.1, 0.15) is 11.9 Å². The van der Waals surface area contributed by atoms with E-state index in [1.807, 2.05) is 6.92 Å². The second-order valence-electron chi connectivity index (χ2n) is 4.57. The average Bonchev–Trinajstić information content (AvgIpc) is 3.08. The Labute approximate surface area is 118 Å². The number of hydrogen-bond donors (Lipinski definition) is 1. The van der Waals surface area contributed by atoms with E-state index in [-0.39, 0.29) is 11.6 Å². The van der Waals surface area contributed by atoms with Crippen LogP contribution in [0.5, 0.6) is 0 Å². The van der Waals surface area contributed by atoms with Crippen molar-refractivity contribution >= 4 is 16.0 Å². The molecule has 8 heteroatoms. The molecule has 0 radical (unpaired) electrons. The molecule has 1 aromatic rings. The van der Waals surface area contributed by atoms with Crippen LogP contribution in [0.3, 0.4) is 0 Å². The number of aryl methyl sites for hydroxylation is 1. The maximum absolute atomic E-state index is 12.5. The number of nitrogens with zero attached hydrogens (tertiary/aromatic N) is 2. The zero-order valence-electron chi connectivity index (χ0n) is 11.6. The Balaban J connectivity index is 2.26. The van der Waals surface area contributed by atoms with Crippen molar-refractivity contribution in [3.8, 4) is 0 Å². The van der Waals surface area contributed by atoms with E-state index in [0.29, 0.717) is 31.6 Å². The number of hydrogen-bond acceptors (Lipinski definition) is 5. The van der Waals surface area contributed by atoms with Crippen molar-refractivity contribution in [1.29, 1.82) is 0 Å². The van der Waals surface area contributed by atoms with Gasteiger partial charge in [-0.25, -0.2) is 13.4 Å². The van der Waals surface area contributed by atoms with Crippen LogP contribution in [0, 0.1) is 0 Å². The summed E-state index contributed by atoms with van der Waals surface area (Å²) in [6.45, 7) is 4.15. The molecule has 2 rings (SSSR count). The molecule has 1 fully saturated rings. The molecule has 1 unspecified atom stereocenters. The minimum atomic E-state index is -3.73. The summed E-state index contributed by atoms with van der Waals surface area (Å²) in [7, 11) is -3.73. The molecule has 0 aromatic carbocycles. The van der Waals surface area contributed by atoms with Gasteiger partial charge >= 0.3 is 5.97 Å². The molecule has 7 nitrogen and oxygen atoms in total. The Hall–Kier alpha value is -1.41. The van der Waals surface area contributed by atoms with E-state index >= 15 is 0 Å². The molecule has 112 valence electrons. The highest BCUT2D eigenvalue weighted by atomic mass is 32.2. The first-order valence-electron chi connectivity index (χ1n) is 6.73. The topological polar surface area (TPSA) is 92.4 Å². The van der Waals surface area contributed by atoms with Crippen LogP contribution in [-0.2, 0) is 26.0 Å². The van der Waals surface area contributed by atoms with E-state index in [1.54, 1.807) is 6.92 Å². The molecule has 0 aliphatic carbocycles. The summed E-state index contributed by atoms with van der Waals surface area (Å²) in [4.78, 5) is 18.6. The normalized spacial score (nSPS) is 20.2. The smallest absolute Gasteiger partial charge is 0.324 e. The van der Waals surface area contributed by atoms with Crippen LogP contribution in [0.15, 0.2) is 11.2 Å². The molecule has 0 amide bonds. The fourth-order valence-corrected chi connectivity index (χ4v) is 3.86. The number of aromatic amines is 1. The van der Waals surface area contributed by atoms with E-state index in [2.05, 4.69) is 9.97 Å². The lowest BCUT2D eigenvalue weighted by atomic mass is 10.2. The zero-order valence-corrected chi connectivity index (χ0v) is 12.4. The van der Waals surface area contributed by atoms with E-state index < -0.39 is 22.0 Å². The molecule has 1 aliphatic rings. The van der Waals surface area contributed by atoms with Gasteiger partial charge in [-0.05, 0) is 19.8 Å². The Kier molecular flexibility index (Phi) is 4.44. The quantitative estimate of drug-likeness (QED) is 0.808. The number of rotatable bonds is 5. The predicted molar refractivity (Wildman–Crippen MR) is 71.5 cm³/mol. The maximum atomic E-state index is 12.5. The van der Waals surface area contributed by atoms with Gasteiger partial charge in [0, 0.05) is 13.0 Å². The van der Waals surface area contributed by atoms with Gasteiger partial charge in [-0.15, -0.1) is 0 Å². The Morgan fingerprint density at radius 1 is 1.55 bits per heavy atom. The van der Waals surface area contributed by atoms with Crippen LogP contribution in [-0.4, -0.2) is 47.9 Å². The minimum absolute atomic E-state index is 0.0329. The Morgan fingerprint density at radius 3 is 2.90 bits per heavy atom. The molecule has 1 aromatic heterocycles. The van der Waals surface area contributed by atoms with Crippen LogP contribution < -0.4 is 0 Å². The van der Waals surface area contributed by atoms with Crippen LogP contribution in [0.1, 0.15) is 32.5 Å². The number of carbonyl (C=O) groups excluding carboxylic acids is 1. The lowest BCUT2D eigenvalue weighted by Gasteiger charge is -2.21. The van der Waals surface area contributed by atoms with E-state index in [4.69, 9.17) is 4.74 Å². The number of aromatic nitrogens is 2. The number of esters is 1. The summed E-state index contributed by atoms with van der Waals surface area (Å²) >= 11 is 0. The first kappa shape index (κ1) is 15.0. The first-order valence-corrected chi connectivity index (χ1v) is 8.17. The second-order valence-corrected chi connectivity index (χ2v) is 6.43. The fourth-order valence-electron chi connectivity index (χ4n) is 2.28. The number of carbonyl (C=O) groups is 1. The van der Waals surface area contributed by atoms with Gasteiger partial charge in [-0.3, -0.25) is 4.79 Å². The van der Waals surface area contributed by atoms with Crippen molar-refractivity contribution in [2.24, 2.45) is 0 Å². The number of sulfonamides is 1. The summed E-state index contributed by atoms with van der Waals surface area (Å²) in [5.41, 5.74) is 0. The molecule has 1 saturated heterocycles.